The van der Waals surface area contributed by atoms with Gasteiger partial charge in [-0.25, -0.2) is 0 Å². The number of halogens is 3. The fourth-order valence-corrected chi connectivity index (χ4v) is 1.89. The molecule has 0 radical (unpaired) electrons. The van der Waals surface area contributed by atoms with E-state index in [9.17, 15) is 18.0 Å². The summed E-state index contributed by atoms with van der Waals surface area (Å²) >= 11 is 0. The Morgan fingerprint density at radius 1 is 1.12 bits per heavy atom. The molecular weight excluding hydrogens is 231 g/mol. The van der Waals surface area contributed by atoms with Crippen LogP contribution in [-0.2, 0) is 6.18 Å². The fourth-order valence-electron chi connectivity index (χ4n) is 1.89. The summed E-state index contributed by atoms with van der Waals surface area (Å²) < 4.78 is 38.5. The first-order valence-corrected chi connectivity index (χ1v) is 5.00. The molecule has 0 spiro atoms. The summed E-state index contributed by atoms with van der Waals surface area (Å²) in [6.07, 6.45) is -4.47. The second kappa shape index (κ2) is 3.61. The molecule has 1 heterocycles. The molecule has 0 aliphatic heterocycles. The quantitative estimate of drug-likeness (QED) is 0.755. The smallest absolute Gasteiger partial charge is 0.321 e. The Morgan fingerprint density at radius 3 is 2.35 bits per heavy atom. The normalized spacial score (nSPS) is 12.1. The molecule has 17 heavy (non-hydrogen) atoms. The number of fused-ring (bicyclic) bond motifs is 1. The van der Waals surface area contributed by atoms with Gasteiger partial charge in [-0.1, -0.05) is 0 Å². The lowest BCUT2D eigenvalue weighted by Crippen LogP contribution is -2.12. The summed E-state index contributed by atoms with van der Waals surface area (Å²) in [5.74, 6) is 0. The van der Waals surface area contributed by atoms with Gasteiger partial charge in [0.25, 0.3) is 0 Å². The molecule has 2 aromatic rings. The van der Waals surface area contributed by atoms with Crippen molar-refractivity contribution < 1.29 is 13.2 Å². The number of hydrogen-bond donors (Lipinski definition) is 1. The minimum atomic E-state index is -4.47. The van der Waals surface area contributed by atoms with Crippen LogP contribution in [-0.4, -0.2) is 4.98 Å². The van der Waals surface area contributed by atoms with Gasteiger partial charge in [0.05, 0.1) is 11.1 Å². The van der Waals surface area contributed by atoms with Crippen molar-refractivity contribution in [2.45, 2.75) is 20.0 Å². The van der Waals surface area contributed by atoms with Crippen LogP contribution in [0.25, 0.3) is 10.9 Å². The molecule has 2 nitrogen and oxygen atoms in total. The Balaban J connectivity index is 2.98. The van der Waals surface area contributed by atoms with E-state index in [4.69, 9.17) is 0 Å². The SMILES string of the molecule is Cc1cc(C(F)(F)F)c2[nH]c(=O)cc(C)c2c1. The molecule has 0 unspecified atom stereocenters. The first-order valence-electron chi connectivity index (χ1n) is 5.00. The zero-order valence-corrected chi connectivity index (χ0v) is 9.27. The average Bonchev–Trinajstić information content (AvgIpc) is 2.16. The molecule has 5 heteroatoms. The van der Waals surface area contributed by atoms with E-state index in [0.717, 1.165) is 6.07 Å². The van der Waals surface area contributed by atoms with Crippen LogP contribution in [0.4, 0.5) is 13.2 Å². The highest BCUT2D eigenvalue weighted by molar-refractivity contribution is 5.85. The predicted octanol–water partition coefficient (Wildman–Crippen LogP) is 3.16. The average molecular weight is 241 g/mol. The van der Waals surface area contributed by atoms with Crippen molar-refractivity contribution in [1.82, 2.24) is 4.98 Å². The molecule has 0 saturated heterocycles. The largest absolute Gasteiger partial charge is 0.418 e. The molecule has 0 amide bonds. The minimum absolute atomic E-state index is 0.145. The molecule has 1 N–H and O–H groups in total. The minimum Gasteiger partial charge on any atom is -0.321 e. The van der Waals surface area contributed by atoms with E-state index in [-0.39, 0.29) is 5.52 Å². The lowest BCUT2D eigenvalue weighted by Gasteiger charge is -2.12. The Labute approximate surface area is 95.1 Å². The zero-order valence-electron chi connectivity index (χ0n) is 9.27. The molecule has 0 saturated carbocycles. The summed E-state index contributed by atoms with van der Waals surface area (Å²) in [5.41, 5.74) is -0.413. The Hall–Kier alpha value is -1.78. The summed E-state index contributed by atoms with van der Waals surface area (Å²) in [6, 6.07) is 3.97. The van der Waals surface area contributed by atoms with Gasteiger partial charge in [-0.2, -0.15) is 13.2 Å². The van der Waals surface area contributed by atoms with Crippen molar-refractivity contribution in [3.8, 4) is 0 Å². The molecule has 90 valence electrons. The van der Waals surface area contributed by atoms with E-state index in [1.165, 1.54) is 6.07 Å². The number of aryl methyl sites for hydroxylation is 2. The number of H-pyrrole nitrogens is 1. The maximum absolute atomic E-state index is 12.8. The van der Waals surface area contributed by atoms with Gasteiger partial charge >= 0.3 is 6.18 Å². The monoisotopic (exact) mass is 241 g/mol. The zero-order chi connectivity index (χ0) is 12.8. The number of rotatable bonds is 0. The van der Waals surface area contributed by atoms with Crippen molar-refractivity contribution in [1.29, 1.82) is 0 Å². The third-order valence-corrected chi connectivity index (χ3v) is 2.61. The second-order valence-corrected chi connectivity index (χ2v) is 4.05. The van der Waals surface area contributed by atoms with Gasteiger partial charge in [0.1, 0.15) is 0 Å². The topological polar surface area (TPSA) is 32.9 Å². The molecule has 0 bridgehead atoms. The molecule has 0 aliphatic carbocycles. The van der Waals surface area contributed by atoms with Crippen LogP contribution in [0.3, 0.4) is 0 Å². The van der Waals surface area contributed by atoms with Gasteiger partial charge in [0.2, 0.25) is 5.56 Å². The number of aromatic nitrogens is 1. The third kappa shape index (κ3) is 2.05. The van der Waals surface area contributed by atoms with Crippen LogP contribution in [0.2, 0.25) is 0 Å². The molecule has 0 aliphatic rings. The third-order valence-electron chi connectivity index (χ3n) is 2.61. The van der Waals surface area contributed by atoms with Crippen LogP contribution in [0.1, 0.15) is 16.7 Å². The van der Waals surface area contributed by atoms with Gasteiger partial charge in [-0.15, -0.1) is 0 Å². The maximum atomic E-state index is 12.8. The van der Waals surface area contributed by atoms with Gasteiger partial charge in [-0.05, 0) is 37.1 Å². The highest BCUT2D eigenvalue weighted by Crippen LogP contribution is 2.34. The Morgan fingerprint density at radius 2 is 1.76 bits per heavy atom. The summed E-state index contributed by atoms with van der Waals surface area (Å²) in [6.45, 7) is 3.22. The van der Waals surface area contributed by atoms with Gasteiger partial charge in [-0.3, -0.25) is 4.79 Å². The lowest BCUT2D eigenvalue weighted by atomic mass is 10.0. The number of aromatic amines is 1. The van der Waals surface area contributed by atoms with E-state index < -0.39 is 17.3 Å². The summed E-state index contributed by atoms with van der Waals surface area (Å²) in [5, 5.41) is 0.428. The van der Waals surface area contributed by atoms with Crippen LogP contribution in [0.5, 0.6) is 0 Å². The fraction of sp³-hybridized carbons (Fsp3) is 0.250. The number of nitrogens with one attached hydrogen (secondary N) is 1. The number of pyridine rings is 1. The van der Waals surface area contributed by atoms with Crippen molar-refractivity contribution in [3.63, 3.8) is 0 Å². The molecule has 1 aromatic heterocycles. The van der Waals surface area contributed by atoms with Gasteiger partial charge in [0.15, 0.2) is 0 Å². The van der Waals surface area contributed by atoms with Crippen LogP contribution in [0.15, 0.2) is 23.0 Å². The Kier molecular flexibility index (Phi) is 2.49. The second-order valence-electron chi connectivity index (χ2n) is 4.05. The molecule has 2 rings (SSSR count). The van der Waals surface area contributed by atoms with Crippen molar-refractivity contribution in [2.75, 3.05) is 0 Å². The number of alkyl halides is 3. The predicted molar refractivity (Wildman–Crippen MR) is 59.0 cm³/mol. The highest BCUT2D eigenvalue weighted by Gasteiger charge is 2.33. The molecular formula is C12H10F3NO. The van der Waals surface area contributed by atoms with E-state index >= 15 is 0 Å². The van der Waals surface area contributed by atoms with E-state index in [0.29, 0.717) is 16.5 Å². The summed E-state index contributed by atoms with van der Waals surface area (Å²) in [4.78, 5) is 13.5. The molecule has 1 aromatic carbocycles. The first kappa shape index (κ1) is 11.7. The van der Waals surface area contributed by atoms with Crippen molar-refractivity contribution in [2.24, 2.45) is 0 Å². The van der Waals surface area contributed by atoms with Gasteiger partial charge in [0, 0.05) is 11.5 Å². The molecule has 0 atom stereocenters. The van der Waals surface area contributed by atoms with Crippen LogP contribution < -0.4 is 5.56 Å². The van der Waals surface area contributed by atoms with Crippen LogP contribution >= 0.6 is 0 Å². The van der Waals surface area contributed by atoms with Gasteiger partial charge < -0.3 is 4.98 Å². The Bertz CT molecular complexity index is 640. The van der Waals surface area contributed by atoms with Crippen LogP contribution in [0, 0.1) is 13.8 Å². The lowest BCUT2D eigenvalue weighted by molar-refractivity contribution is -0.136. The van der Waals surface area contributed by atoms with E-state index in [2.05, 4.69) is 4.98 Å². The maximum Gasteiger partial charge on any atom is 0.418 e. The van der Waals surface area contributed by atoms with E-state index in [1.807, 2.05) is 0 Å². The van der Waals surface area contributed by atoms with Crippen molar-refractivity contribution >= 4 is 10.9 Å². The standard InChI is InChI=1S/C12H10F3NO/c1-6-3-8-7(2)5-10(17)16-11(8)9(4-6)12(13,14)15/h3-5H,1-2H3,(H,16,17). The highest BCUT2D eigenvalue weighted by atomic mass is 19.4. The number of benzene rings is 1. The van der Waals surface area contributed by atoms with E-state index in [1.54, 1.807) is 19.9 Å². The molecule has 0 fully saturated rings. The summed E-state index contributed by atoms with van der Waals surface area (Å²) in [7, 11) is 0. The first-order chi connectivity index (χ1) is 7.79. The van der Waals surface area contributed by atoms with Crippen molar-refractivity contribution in [3.05, 3.63) is 45.2 Å². The number of hydrogen-bond acceptors (Lipinski definition) is 1.